The molecule has 0 radical (unpaired) electrons. The van der Waals surface area contributed by atoms with Gasteiger partial charge in [0, 0.05) is 62.5 Å². The lowest BCUT2D eigenvalue weighted by atomic mass is 9.92. The maximum Gasteiger partial charge on any atom is 0.293 e. The average molecular weight is 615 g/mol. The number of hydrogen-bond donors (Lipinski definition) is 1. The van der Waals surface area contributed by atoms with E-state index < -0.39 is 17.2 Å². The number of carbonyl (C=O) groups is 2. The van der Waals surface area contributed by atoms with E-state index in [4.69, 9.17) is 11.6 Å². The van der Waals surface area contributed by atoms with Gasteiger partial charge in [-0.25, -0.2) is 18.4 Å². The van der Waals surface area contributed by atoms with Crippen molar-refractivity contribution >= 4 is 40.6 Å². The van der Waals surface area contributed by atoms with Gasteiger partial charge in [-0.1, -0.05) is 42.0 Å². The third kappa shape index (κ3) is 7.31. The molecule has 2 aromatic carbocycles. The van der Waals surface area contributed by atoms with Crippen molar-refractivity contribution in [1.29, 1.82) is 0 Å². The van der Waals surface area contributed by atoms with Crippen LogP contribution >= 0.6 is 23.4 Å². The predicted octanol–water partition coefficient (Wildman–Crippen LogP) is 4.01. The molecule has 0 bridgehead atoms. The van der Waals surface area contributed by atoms with Crippen LogP contribution in [0.25, 0.3) is 6.08 Å². The van der Waals surface area contributed by atoms with E-state index >= 15 is 0 Å². The molecule has 9 nitrogen and oxygen atoms in total. The quantitative estimate of drug-likeness (QED) is 0.271. The van der Waals surface area contributed by atoms with Crippen molar-refractivity contribution in [2.24, 2.45) is 0 Å². The standard InChI is InChI=1S/C29H29ClF2N6O3S/c30-22-5-3-21(4-6-22)15-26-27(39)38(28(40)42-26)10-2-1-9-35-11-13-36(14-12-35)17-29(41,18-37-20-33-19-34-37)24-8-7-23(31)16-25(24)32/h1-8,15-16,19-20,41H,9-14,17-18H2/b2-1-,26-15?. The Bertz CT molecular complexity index is 1480. The SMILES string of the molecule is O=C1SC(=Cc2ccc(Cl)cc2)C(=O)N1C/C=C\CN1CCN(CC(O)(Cn2cncn2)c2ccc(F)cc2F)CC1. The number of β-amino-alcohol motifs (C(OH)–C–C–N with tert-alkyl or cyclic N) is 1. The van der Waals surface area contributed by atoms with Crippen LogP contribution < -0.4 is 0 Å². The highest BCUT2D eigenvalue weighted by atomic mass is 35.5. The van der Waals surface area contributed by atoms with Crippen molar-refractivity contribution in [2.45, 2.75) is 12.1 Å². The number of rotatable bonds is 10. The summed E-state index contributed by atoms with van der Waals surface area (Å²) >= 11 is 6.83. The molecule has 2 fully saturated rings. The summed E-state index contributed by atoms with van der Waals surface area (Å²) in [6.07, 6.45) is 8.19. The van der Waals surface area contributed by atoms with Crippen LogP contribution in [-0.4, -0.2) is 91.5 Å². The van der Waals surface area contributed by atoms with Crippen LogP contribution in [-0.2, 0) is 16.9 Å². The highest BCUT2D eigenvalue weighted by molar-refractivity contribution is 8.18. The molecule has 3 aromatic rings. The van der Waals surface area contributed by atoms with Crippen LogP contribution in [0.15, 0.2) is 72.2 Å². The molecule has 2 saturated heterocycles. The molecule has 1 atom stereocenters. The van der Waals surface area contributed by atoms with Gasteiger partial charge in [-0.3, -0.25) is 24.3 Å². The van der Waals surface area contributed by atoms with Crippen LogP contribution in [0.1, 0.15) is 11.1 Å². The minimum atomic E-state index is -1.65. The fourth-order valence-corrected chi connectivity index (χ4v) is 5.92. The van der Waals surface area contributed by atoms with E-state index in [1.54, 1.807) is 30.3 Å². The van der Waals surface area contributed by atoms with Gasteiger partial charge < -0.3 is 5.11 Å². The van der Waals surface area contributed by atoms with E-state index in [0.717, 1.165) is 29.5 Å². The van der Waals surface area contributed by atoms with Gasteiger partial charge in [0.15, 0.2) is 0 Å². The normalized spacial score (nSPS) is 19.3. The van der Waals surface area contributed by atoms with E-state index in [1.165, 1.54) is 28.3 Å². The second-order valence-electron chi connectivity index (χ2n) is 10.1. The predicted molar refractivity (Wildman–Crippen MR) is 156 cm³/mol. The van der Waals surface area contributed by atoms with Crippen LogP contribution in [0.2, 0.25) is 5.02 Å². The molecule has 0 saturated carbocycles. The molecular weight excluding hydrogens is 586 g/mol. The minimum absolute atomic E-state index is 0.0000938. The lowest BCUT2D eigenvalue weighted by Gasteiger charge is -2.39. The molecule has 1 N–H and O–H groups in total. The Labute approximate surface area is 251 Å². The highest BCUT2D eigenvalue weighted by Crippen LogP contribution is 2.32. The van der Waals surface area contributed by atoms with Crippen LogP contribution in [0.4, 0.5) is 13.6 Å². The summed E-state index contributed by atoms with van der Waals surface area (Å²) in [5.41, 5.74) is -0.861. The number of halogens is 3. The number of aromatic nitrogens is 3. The van der Waals surface area contributed by atoms with Crippen LogP contribution in [0.5, 0.6) is 0 Å². The number of amides is 2. The second kappa shape index (κ2) is 13.3. The fraction of sp³-hybridized carbons (Fsp3) is 0.310. The molecule has 1 aromatic heterocycles. The molecule has 220 valence electrons. The number of benzene rings is 2. The summed E-state index contributed by atoms with van der Waals surface area (Å²) in [5, 5.41) is 15.9. The van der Waals surface area contributed by atoms with Gasteiger partial charge in [0.05, 0.1) is 11.4 Å². The molecule has 1 unspecified atom stereocenters. The van der Waals surface area contributed by atoms with E-state index in [0.29, 0.717) is 42.7 Å². The van der Waals surface area contributed by atoms with Crippen molar-refractivity contribution in [1.82, 2.24) is 29.5 Å². The summed E-state index contributed by atoms with van der Waals surface area (Å²) < 4.78 is 29.7. The number of hydrogen-bond acceptors (Lipinski definition) is 8. The molecule has 5 rings (SSSR count). The van der Waals surface area contributed by atoms with Gasteiger partial charge >= 0.3 is 0 Å². The third-order valence-electron chi connectivity index (χ3n) is 7.13. The monoisotopic (exact) mass is 614 g/mol. The molecule has 0 spiro atoms. The summed E-state index contributed by atoms with van der Waals surface area (Å²) in [6.45, 7) is 3.52. The lowest BCUT2D eigenvalue weighted by Crippen LogP contribution is -2.52. The minimum Gasteiger partial charge on any atom is -0.382 e. The van der Waals surface area contributed by atoms with Crippen molar-refractivity contribution in [3.05, 3.63) is 100.0 Å². The zero-order valence-electron chi connectivity index (χ0n) is 22.6. The Morgan fingerprint density at radius 1 is 0.976 bits per heavy atom. The Morgan fingerprint density at radius 2 is 1.69 bits per heavy atom. The molecule has 42 heavy (non-hydrogen) atoms. The van der Waals surface area contributed by atoms with Crippen LogP contribution in [0, 0.1) is 11.6 Å². The molecule has 2 aliphatic rings. The number of imide groups is 1. The van der Waals surface area contributed by atoms with Crippen molar-refractivity contribution in [3.63, 3.8) is 0 Å². The Kier molecular flexibility index (Phi) is 9.49. The molecular formula is C29H29ClF2N6O3S. The lowest BCUT2D eigenvalue weighted by molar-refractivity contribution is -0.122. The number of piperazine rings is 1. The van der Waals surface area contributed by atoms with Gasteiger partial charge in [0.2, 0.25) is 0 Å². The smallest absolute Gasteiger partial charge is 0.293 e. The Balaban J connectivity index is 1.13. The fourth-order valence-electron chi connectivity index (χ4n) is 4.94. The summed E-state index contributed by atoms with van der Waals surface area (Å²) in [5.74, 6) is -1.86. The first kappa shape index (κ1) is 30.1. The van der Waals surface area contributed by atoms with Gasteiger partial charge in [0.1, 0.15) is 29.9 Å². The number of carbonyl (C=O) groups excluding carboxylic acids is 2. The molecule has 2 amide bonds. The first-order valence-corrected chi connectivity index (χ1v) is 14.5. The van der Waals surface area contributed by atoms with Crippen molar-refractivity contribution in [3.8, 4) is 0 Å². The Hall–Kier alpha value is -3.42. The second-order valence-corrected chi connectivity index (χ2v) is 11.6. The largest absolute Gasteiger partial charge is 0.382 e. The number of nitrogens with zero attached hydrogens (tertiary/aromatic N) is 6. The molecule has 0 aliphatic carbocycles. The number of aliphatic hydroxyl groups is 1. The maximum atomic E-state index is 14.7. The van der Waals surface area contributed by atoms with E-state index in [2.05, 4.69) is 15.0 Å². The molecule has 2 aliphatic heterocycles. The zero-order valence-corrected chi connectivity index (χ0v) is 24.1. The first-order chi connectivity index (χ1) is 20.2. The summed E-state index contributed by atoms with van der Waals surface area (Å²) in [7, 11) is 0. The van der Waals surface area contributed by atoms with Crippen LogP contribution in [0.3, 0.4) is 0 Å². The first-order valence-electron chi connectivity index (χ1n) is 13.3. The van der Waals surface area contributed by atoms with E-state index in [1.807, 2.05) is 17.1 Å². The highest BCUT2D eigenvalue weighted by Gasteiger charge is 2.37. The Morgan fingerprint density at radius 3 is 2.38 bits per heavy atom. The topological polar surface area (TPSA) is 94.8 Å². The summed E-state index contributed by atoms with van der Waals surface area (Å²) in [4.78, 5) is 34.9. The maximum absolute atomic E-state index is 14.7. The van der Waals surface area contributed by atoms with Gasteiger partial charge in [-0.05, 0) is 41.6 Å². The van der Waals surface area contributed by atoms with E-state index in [-0.39, 0.29) is 36.3 Å². The third-order valence-corrected chi connectivity index (χ3v) is 8.29. The van der Waals surface area contributed by atoms with Gasteiger partial charge in [-0.2, -0.15) is 5.10 Å². The van der Waals surface area contributed by atoms with Gasteiger partial charge in [0.25, 0.3) is 11.1 Å². The van der Waals surface area contributed by atoms with E-state index in [9.17, 15) is 23.5 Å². The molecule has 3 heterocycles. The number of thioether (sulfide) groups is 1. The van der Waals surface area contributed by atoms with Gasteiger partial charge in [-0.15, -0.1) is 0 Å². The zero-order chi connectivity index (χ0) is 29.7. The average Bonchev–Trinajstić information content (AvgIpc) is 3.55. The molecule has 13 heteroatoms. The van der Waals surface area contributed by atoms with Crippen molar-refractivity contribution < 1.29 is 23.5 Å². The van der Waals surface area contributed by atoms with Crippen molar-refractivity contribution in [2.75, 3.05) is 45.8 Å². The summed E-state index contributed by atoms with van der Waals surface area (Å²) in [6, 6.07) is 10.2.